The normalized spacial score (nSPS) is 10.5. The van der Waals surface area contributed by atoms with Gasteiger partial charge in [0.15, 0.2) is 12.4 Å². The Morgan fingerprint density at radius 3 is 2.81 bits per heavy atom. The van der Waals surface area contributed by atoms with Crippen molar-refractivity contribution in [3.63, 3.8) is 0 Å². The zero-order valence-electron chi connectivity index (χ0n) is 11.6. The highest BCUT2D eigenvalue weighted by molar-refractivity contribution is 6.00. The van der Waals surface area contributed by atoms with E-state index in [1.165, 1.54) is 0 Å². The molecule has 3 aromatic rings. The number of aromatic nitrogens is 2. The summed E-state index contributed by atoms with van der Waals surface area (Å²) in [7, 11) is 0. The average Bonchev–Trinajstić information content (AvgIpc) is 2.90. The fourth-order valence-corrected chi connectivity index (χ4v) is 2.09. The molecule has 2 aromatic carbocycles. The summed E-state index contributed by atoms with van der Waals surface area (Å²) < 4.78 is 5.51. The molecule has 0 bridgehead atoms. The number of para-hydroxylation sites is 2. The number of carbonyl (C=O) groups is 1. The Hall–Kier alpha value is -2.82. The minimum atomic E-state index is -0.240. The van der Waals surface area contributed by atoms with Crippen LogP contribution in [-0.2, 0) is 4.79 Å². The second kappa shape index (κ2) is 5.66. The molecule has 0 atom stereocenters. The summed E-state index contributed by atoms with van der Waals surface area (Å²) in [5.74, 6) is 0.985. The van der Waals surface area contributed by atoms with E-state index in [0.29, 0.717) is 11.6 Å². The summed E-state index contributed by atoms with van der Waals surface area (Å²) in [4.78, 5) is 11.9. The van der Waals surface area contributed by atoms with Crippen molar-refractivity contribution in [3.05, 3.63) is 54.1 Å². The Morgan fingerprint density at radius 2 is 1.95 bits per heavy atom. The largest absolute Gasteiger partial charge is 0.483 e. The SMILES string of the molecule is Cc1ccccc1OCC(=O)Nc1n[nH]c2ccccc12. The molecule has 2 N–H and O–H groups in total. The van der Waals surface area contributed by atoms with E-state index in [0.717, 1.165) is 16.5 Å². The van der Waals surface area contributed by atoms with E-state index in [1.807, 2.05) is 55.5 Å². The van der Waals surface area contributed by atoms with Gasteiger partial charge >= 0.3 is 0 Å². The van der Waals surface area contributed by atoms with Gasteiger partial charge in [0.05, 0.1) is 5.52 Å². The first-order chi connectivity index (χ1) is 10.2. The quantitative estimate of drug-likeness (QED) is 0.772. The van der Waals surface area contributed by atoms with Gasteiger partial charge in [-0.15, -0.1) is 0 Å². The van der Waals surface area contributed by atoms with E-state index in [2.05, 4.69) is 15.5 Å². The first kappa shape index (κ1) is 13.2. The molecule has 1 amide bonds. The third-order valence-electron chi connectivity index (χ3n) is 3.18. The van der Waals surface area contributed by atoms with Crippen LogP contribution in [0.2, 0.25) is 0 Å². The molecule has 1 heterocycles. The number of nitrogens with one attached hydrogen (secondary N) is 2. The molecule has 5 nitrogen and oxygen atoms in total. The number of H-pyrrole nitrogens is 1. The third-order valence-corrected chi connectivity index (χ3v) is 3.18. The standard InChI is InChI=1S/C16H15N3O2/c1-11-6-2-5-9-14(11)21-10-15(20)17-16-12-7-3-4-8-13(12)18-19-16/h2-9H,10H2,1H3,(H2,17,18,19,20). The van der Waals surface area contributed by atoms with Gasteiger partial charge in [-0.25, -0.2) is 0 Å². The molecule has 0 saturated carbocycles. The third kappa shape index (κ3) is 2.86. The van der Waals surface area contributed by atoms with Gasteiger partial charge in [-0.2, -0.15) is 5.10 Å². The van der Waals surface area contributed by atoms with Crippen LogP contribution in [0.4, 0.5) is 5.82 Å². The summed E-state index contributed by atoms with van der Waals surface area (Å²) in [5, 5.41) is 10.6. The second-order valence-electron chi connectivity index (χ2n) is 4.72. The van der Waals surface area contributed by atoms with Gasteiger partial charge in [0.1, 0.15) is 5.75 Å². The van der Waals surface area contributed by atoms with E-state index < -0.39 is 0 Å². The van der Waals surface area contributed by atoms with Gasteiger partial charge in [0, 0.05) is 5.39 Å². The molecule has 0 aliphatic carbocycles. The number of anilines is 1. The van der Waals surface area contributed by atoms with Crippen molar-refractivity contribution >= 4 is 22.6 Å². The van der Waals surface area contributed by atoms with Crippen molar-refractivity contribution in [1.29, 1.82) is 0 Å². The molecule has 0 fully saturated rings. The maximum Gasteiger partial charge on any atom is 0.263 e. The molecule has 0 saturated heterocycles. The minimum Gasteiger partial charge on any atom is -0.483 e. The van der Waals surface area contributed by atoms with Crippen LogP contribution in [0.25, 0.3) is 10.9 Å². The van der Waals surface area contributed by atoms with Crippen molar-refractivity contribution < 1.29 is 9.53 Å². The lowest BCUT2D eigenvalue weighted by Gasteiger charge is -2.08. The maximum absolute atomic E-state index is 11.9. The summed E-state index contributed by atoms with van der Waals surface area (Å²) in [6, 6.07) is 15.2. The molecule has 3 rings (SSSR count). The topological polar surface area (TPSA) is 67.0 Å². The van der Waals surface area contributed by atoms with Gasteiger partial charge in [-0.1, -0.05) is 30.3 Å². The highest BCUT2D eigenvalue weighted by atomic mass is 16.5. The fraction of sp³-hybridized carbons (Fsp3) is 0.125. The Bertz CT molecular complexity index is 780. The number of hydrogen-bond acceptors (Lipinski definition) is 3. The van der Waals surface area contributed by atoms with E-state index >= 15 is 0 Å². The number of benzene rings is 2. The predicted octanol–water partition coefficient (Wildman–Crippen LogP) is 2.89. The molecule has 0 aliphatic heterocycles. The predicted molar refractivity (Wildman–Crippen MR) is 81.4 cm³/mol. The van der Waals surface area contributed by atoms with Crippen LogP contribution in [0.5, 0.6) is 5.75 Å². The molecule has 106 valence electrons. The Labute approximate surface area is 121 Å². The van der Waals surface area contributed by atoms with Crippen LogP contribution < -0.4 is 10.1 Å². The number of fused-ring (bicyclic) bond motifs is 1. The number of nitrogens with zero attached hydrogens (tertiary/aromatic N) is 1. The van der Waals surface area contributed by atoms with E-state index in [4.69, 9.17) is 4.74 Å². The molecule has 1 aromatic heterocycles. The maximum atomic E-state index is 11.9. The van der Waals surface area contributed by atoms with Gasteiger partial charge in [-0.05, 0) is 30.7 Å². The lowest BCUT2D eigenvalue weighted by molar-refractivity contribution is -0.118. The lowest BCUT2D eigenvalue weighted by Crippen LogP contribution is -2.20. The van der Waals surface area contributed by atoms with Crippen molar-refractivity contribution in [1.82, 2.24) is 10.2 Å². The Balaban J connectivity index is 1.66. The first-order valence-corrected chi connectivity index (χ1v) is 6.65. The minimum absolute atomic E-state index is 0.0496. The number of aromatic amines is 1. The number of carbonyl (C=O) groups excluding carboxylic acids is 1. The van der Waals surface area contributed by atoms with Crippen LogP contribution in [0.15, 0.2) is 48.5 Å². The fourth-order valence-electron chi connectivity index (χ4n) is 2.09. The first-order valence-electron chi connectivity index (χ1n) is 6.65. The summed E-state index contributed by atoms with van der Waals surface area (Å²) in [5.41, 5.74) is 1.88. The monoisotopic (exact) mass is 281 g/mol. The number of rotatable bonds is 4. The zero-order chi connectivity index (χ0) is 14.7. The highest BCUT2D eigenvalue weighted by Gasteiger charge is 2.09. The highest BCUT2D eigenvalue weighted by Crippen LogP contribution is 2.20. The number of aryl methyl sites for hydroxylation is 1. The van der Waals surface area contributed by atoms with Crippen molar-refractivity contribution in [3.8, 4) is 5.75 Å². The average molecular weight is 281 g/mol. The van der Waals surface area contributed by atoms with Crippen LogP contribution in [0, 0.1) is 6.92 Å². The second-order valence-corrected chi connectivity index (χ2v) is 4.72. The number of hydrogen-bond donors (Lipinski definition) is 2. The lowest BCUT2D eigenvalue weighted by atomic mass is 10.2. The van der Waals surface area contributed by atoms with Crippen molar-refractivity contribution in [2.24, 2.45) is 0 Å². The van der Waals surface area contributed by atoms with E-state index in [9.17, 15) is 4.79 Å². The molecular weight excluding hydrogens is 266 g/mol. The van der Waals surface area contributed by atoms with Gasteiger partial charge < -0.3 is 10.1 Å². The smallest absolute Gasteiger partial charge is 0.263 e. The van der Waals surface area contributed by atoms with Crippen LogP contribution in [0.1, 0.15) is 5.56 Å². The summed E-state index contributed by atoms with van der Waals surface area (Å²) in [6.07, 6.45) is 0. The zero-order valence-corrected chi connectivity index (χ0v) is 11.6. The van der Waals surface area contributed by atoms with E-state index in [1.54, 1.807) is 0 Å². The van der Waals surface area contributed by atoms with Crippen molar-refractivity contribution in [2.75, 3.05) is 11.9 Å². The van der Waals surface area contributed by atoms with Crippen LogP contribution in [-0.4, -0.2) is 22.7 Å². The molecule has 5 heteroatoms. The van der Waals surface area contributed by atoms with Crippen LogP contribution in [0.3, 0.4) is 0 Å². The number of amides is 1. The van der Waals surface area contributed by atoms with Gasteiger partial charge in [0.2, 0.25) is 0 Å². The van der Waals surface area contributed by atoms with Gasteiger partial charge in [0.25, 0.3) is 5.91 Å². The molecule has 0 spiro atoms. The molecular formula is C16H15N3O2. The van der Waals surface area contributed by atoms with Crippen molar-refractivity contribution in [2.45, 2.75) is 6.92 Å². The molecule has 0 aliphatic rings. The van der Waals surface area contributed by atoms with E-state index in [-0.39, 0.29) is 12.5 Å². The summed E-state index contributed by atoms with van der Waals surface area (Å²) >= 11 is 0. The molecule has 0 radical (unpaired) electrons. The van der Waals surface area contributed by atoms with Crippen LogP contribution >= 0.6 is 0 Å². The Kier molecular flexibility index (Phi) is 3.55. The number of ether oxygens (including phenoxy) is 1. The molecule has 0 unspecified atom stereocenters. The van der Waals surface area contributed by atoms with Gasteiger partial charge in [-0.3, -0.25) is 9.89 Å². The summed E-state index contributed by atoms with van der Waals surface area (Å²) in [6.45, 7) is 1.89. The Morgan fingerprint density at radius 1 is 1.19 bits per heavy atom. The molecule has 21 heavy (non-hydrogen) atoms.